The number of benzene rings is 1. The topological polar surface area (TPSA) is 41.6 Å². The van der Waals surface area contributed by atoms with E-state index in [-0.39, 0.29) is 12.1 Å². The fraction of sp³-hybridized carbons (Fsp3) is 0.421. The van der Waals surface area contributed by atoms with Gasteiger partial charge in [0, 0.05) is 24.5 Å². The normalized spacial score (nSPS) is 13.9. The quantitative estimate of drug-likeness (QED) is 0.892. The average molecular weight is 344 g/mol. The van der Waals surface area contributed by atoms with Gasteiger partial charge in [-0.25, -0.2) is 4.79 Å². The number of hydrogen-bond acceptors (Lipinski definition) is 3. The van der Waals surface area contributed by atoms with Crippen molar-refractivity contribution in [3.8, 4) is 0 Å². The van der Waals surface area contributed by atoms with Crippen LogP contribution in [0.25, 0.3) is 0 Å². The van der Waals surface area contributed by atoms with E-state index in [0.29, 0.717) is 19.7 Å². The van der Waals surface area contributed by atoms with E-state index in [0.717, 1.165) is 24.1 Å². The van der Waals surface area contributed by atoms with Crippen molar-refractivity contribution >= 4 is 17.4 Å². The van der Waals surface area contributed by atoms with Gasteiger partial charge < -0.3 is 15.0 Å². The molecular formula is C19H24N2O2S. The molecule has 0 spiro atoms. The van der Waals surface area contributed by atoms with Gasteiger partial charge in [-0.1, -0.05) is 24.3 Å². The molecule has 0 radical (unpaired) electrons. The zero-order valence-corrected chi connectivity index (χ0v) is 15.1. The van der Waals surface area contributed by atoms with Crippen molar-refractivity contribution in [3.63, 3.8) is 0 Å². The molecule has 0 saturated carbocycles. The molecule has 2 amide bonds. The minimum Gasteiger partial charge on any atom is -0.374 e. The molecule has 3 rings (SSSR count). The molecule has 4 nitrogen and oxygen atoms in total. The Morgan fingerprint density at radius 1 is 1.29 bits per heavy atom. The summed E-state index contributed by atoms with van der Waals surface area (Å²) in [5.41, 5.74) is 3.53. The Balaban J connectivity index is 1.57. The van der Waals surface area contributed by atoms with Crippen molar-refractivity contribution < 1.29 is 9.53 Å². The third-order valence-corrected chi connectivity index (χ3v) is 5.24. The number of carbonyl (C=O) groups is 1. The third kappa shape index (κ3) is 4.16. The predicted molar refractivity (Wildman–Crippen MR) is 97.0 cm³/mol. The molecule has 1 aromatic carbocycles. The highest BCUT2D eigenvalue weighted by atomic mass is 32.1. The summed E-state index contributed by atoms with van der Waals surface area (Å²) in [6.07, 6.45) is 1.15. The highest BCUT2D eigenvalue weighted by Crippen LogP contribution is 2.24. The van der Waals surface area contributed by atoms with E-state index >= 15 is 0 Å². The first-order valence-corrected chi connectivity index (χ1v) is 9.28. The fourth-order valence-electron chi connectivity index (χ4n) is 2.83. The smallest absolute Gasteiger partial charge is 0.317 e. The summed E-state index contributed by atoms with van der Waals surface area (Å²) in [6.45, 7) is 6.66. The number of nitrogens with zero attached hydrogens (tertiary/aromatic N) is 1. The van der Waals surface area contributed by atoms with E-state index in [1.165, 1.54) is 10.4 Å². The fourth-order valence-corrected chi connectivity index (χ4v) is 3.72. The summed E-state index contributed by atoms with van der Waals surface area (Å²) < 4.78 is 5.70. The second kappa shape index (κ2) is 7.81. The van der Waals surface area contributed by atoms with Crippen LogP contribution in [0.3, 0.4) is 0 Å². The molecule has 1 N–H and O–H groups in total. The SMILES string of the molecule is CC(C)OCc1ccccc1CNC(=O)N1CCc2sccc2C1. The summed E-state index contributed by atoms with van der Waals surface area (Å²) in [5, 5.41) is 5.16. The lowest BCUT2D eigenvalue weighted by molar-refractivity contribution is 0.0652. The van der Waals surface area contributed by atoms with Crippen LogP contribution in [0.2, 0.25) is 0 Å². The Bertz CT molecular complexity index is 696. The van der Waals surface area contributed by atoms with Gasteiger partial charge >= 0.3 is 6.03 Å². The number of urea groups is 1. The highest BCUT2D eigenvalue weighted by molar-refractivity contribution is 7.10. The van der Waals surface area contributed by atoms with E-state index in [1.54, 1.807) is 11.3 Å². The van der Waals surface area contributed by atoms with Gasteiger partial charge in [-0.2, -0.15) is 0 Å². The van der Waals surface area contributed by atoms with Crippen LogP contribution in [-0.2, 0) is 30.9 Å². The van der Waals surface area contributed by atoms with Gasteiger partial charge in [0.15, 0.2) is 0 Å². The van der Waals surface area contributed by atoms with Crippen molar-refractivity contribution in [2.45, 2.75) is 46.1 Å². The van der Waals surface area contributed by atoms with Crippen molar-refractivity contribution in [2.24, 2.45) is 0 Å². The van der Waals surface area contributed by atoms with Crippen LogP contribution in [0.1, 0.15) is 35.4 Å². The van der Waals surface area contributed by atoms with Crippen LogP contribution in [0.4, 0.5) is 4.79 Å². The second-order valence-corrected chi connectivity index (χ2v) is 7.33. The molecule has 0 aliphatic carbocycles. The molecule has 24 heavy (non-hydrogen) atoms. The molecule has 2 heterocycles. The maximum atomic E-state index is 12.5. The van der Waals surface area contributed by atoms with Gasteiger partial charge in [-0.05, 0) is 48.4 Å². The van der Waals surface area contributed by atoms with Gasteiger partial charge in [0.2, 0.25) is 0 Å². The lowest BCUT2D eigenvalue weighted by Gasteiger charge is -2.27. The Kier molecular flexibility index (Phi) is 5.53. The first-order chi connectivity index (χ1) is 11.6. The van der Waals surface area contributed by atoms with Crippen LogP contribution in [0.5, 0.6) is 0 Å². The first kappa shape index (κ1) is 17.0. The maximum Gasteiger partial charge on any atom is 0.317 e. The number of ether oxygens (including phenoxy) is 1. The van der Waals surface area contributed by atoms with E-state index in [4.69, 9.17) is 4.74 Å². The number of rotatable bonds is 5. The molecular weight excluding hydrogens is 320 g/mol. The third-order valence-electron chi connectivity index (χ3n) is 4.22. The molecule has 0 atom stereocenters. The number of carbonyl (C=O) groups excluding carboxylic acids is 1. The van der Waals surface area contributed by atoms with Gasteiger partial charge in [-0.15, -0.1) is 11.3 Å². The minimum atomic E-state index is 0.00595. The number of nitrogens with one attached hydrogen (secondary N) is 1. The van der Waals surface area contributed by atoms with Gasteiger partial charge in [0.25, 0.3) is 0 Å². The molecule has 2 aromatic rings. The van der Waals surface area contributed by atoms with E-state index in [2.05, 4.69) is 22.8 Å². The first-order valence-electron chi connectivity index (χ1n) is 8.40. The standard InChI is InChI=1S/C19H24N2O2S/c1-14(2)23-13-17-6-4-3-5-15(17)11-20-19(22)21-9-7-18-16(12-21)8-10-24-18/h3-6,8,10,14H,7,9,11-13H2,1-2H3,(H,20,22). The van der Waals surface area contributed by atoms with E-state index in [1.807, 2.05) is 36.9 Å². The number of amides is 2. The lowest BCUT2D eigenvalue weighted by Crippen LogP contribution is -2.42. The van der Waals surface area contributed by atoms with Crippen molar-refractivity contribution in [1.82, 2.24) is 10.2 Å². The molecule has 0 unspecified atom stereocenters. The largest absolute Gasteiger partial charge is 0.374 e. The molecule has 1 aromatic heterocycles. The van der Waals surface area contributed by atoms with Crippen LogP contribution < -0.4 is 5.32 Å². The lowest BCUT2D eigenvalue weighted by atomic mass is 10.1. The van der Waals surface area contributed by atoms with Crippen LogP contribution in [0.15, 0.2) is 35.7 Å². The van der Waals surface area contributed by atoms with Crippen LogP contribution in [0, 0.1) is 0 Å². The van der Waals surface area contributed by atoms with Gasteiger partial charge in [0.1, 0.15) is 0 Å². The molecule has 0 saturated heterocycles. The summed E-state index contributed by atoms with van der Waals surface area (Å²) in [6, 6.07) is 10.2. The summed E-state index contributed by atoms with van der Waals surface area (Å²) in [4.78, 5) is 15.8. The van der Waals surface area contributed by atoms with Crippen LogP contribution in [-0.4, -0.2) is 23.6 Å². The van der Waals surface area contributed by atoms with E-state index < -0.39 is 0 Å². The highest BCUT2D eigenvalue weighted by Gasteiger charge is 2.21. The monoisotopic (exact) mass is 344 g/mol. The number of thiophene rings is 1. The Morgan fingerprint density at radius 3 is 2.88 bits per heavy atom. The molecule has 0 bridgehead atoms. The number of fused-ring (bicyclic) bond motifs is 1. The molecule has 128 valence electrons. The predicted octanol–water partition coefficient (Wildman–Crippen LogP) is 3.94. The molecule has 1 aliphatic rings. The Labute approximate surface area is 147 Å². The van der Waals surface area contributed by atoms with Crippen LogP contribution >= 0.6 is 11.3 Å². The van der Waals surface area contributed by atoms with Gasteiger partial charge in [-0.3, -0.25) is 0 Å². The molecule has 5 heteroatoms. The maximum absolute atomic E-state index is 12.5. The Hall–Kier alpha value is -1.85. The summed E-state index contributed by atoms with van der Waals surface area (Å²) in [5.74, 6) is 0. The zero-order valence-electron chi connectivity index (χ0n) is 14.2. The van der Waals surface area contributed by atoms with Crippen molar-refractivity contribution in [3.05, 3.63) is 57.3 Å². The van der Waals surface area contributed by atoms with Crippen molar-refractivity contribution in [2.75, 3.05) is 6.54 Å². The van der Waals surface area contributed by atoms with Crippen molar-refractivity contribution in [1.29, 1.82) is 0 Å². The minimum absolute atomic E-state index is 0.00595. The second-order valence-electron chi connectivity index (χ2n) is 6.33. The molecule has 0 fully saturated rings. The molecule has 1 aliphatic heterocycles. The number of hydrogen-bond donors (Lipinski definition) is 1. The Morgan fingerprint density at radius 2 is 2.08 bits per heavy atom. The summed E-state index contributed by atoms with van der Waals surface area (Å²) in [7, 11) is 0. The summed E-state index contributed by atoms with van der Waals surface area (Å²) >= 11 is 1.79. The zero-order chi connectivity index (χ0) is 16.9. The van der Waals surface area contributed by atoms with E-state index in [9.17, 15) is 4.79 Å². The van der Waals surface area contributed by atoms with Gasteiger partial charge in [0.05, 0.1) is 12.7 Å². The average Bonchev–Trinajstić information content (AvgIpc) is 3.06.